The molecular formula is C19H20ClFN4O2. The summed E-state index contributed by atoms with van der Waals surface area (Å²) in [5.41, 5.74) is 0.658. The van der Waals surface area contributed by atoms with Crippen molar-refractivity contribution < 1.29 is 14.0 Å². The number of nitrogens with one attached hydrogen (secondary N) is 1. The van der Waals surface area contributed by atoms with Crippen LogP contribution in [0.1, 0.15) is 23.0 Å². The Morgan fingerprint density at radius 1 is 1.15 bits per heavy atom. The van der Waals surface area contributed by atoms with Gasteiger partial charge in [-0.15, -0.1) is 0 Å². The summed E-state index contributed by atoms with van der Waals surface area (Å²) in [7, 11) is 0. The molecule has 27 heavy (non-hydrogen) atoms. The van der Waals surface area contributed by atoms with E-state index in [2.05, 4.69) is 15.2 Å². The number of amides is 2. The van der Waals surface area contributed by atoms with E-state index in [1.807, 2.05) is 11.0 Å². The number of halogens is 2. The van der Waals surface area contributed by atoms with Gasteiger partial charge in [-0.05, 0) is 24.3 Å². The van der Waals surface area contributed by atoms with Crippen molar-refractivity contribution in [2.24, 2.45) is 0 Å². The maximum Gasteiger partial charge on any atom is 0.259 e. The minimum absolute atomic E-state index is 0.0886. The van der Waals surface area contributed by atoms with Crippen LogP contribution in [0.4, 0.5) is 10.2 Å². The van der Waals surface area contributed by atoms with Gasteiger partial charge in [-0.3, -0.25) is 14.5 Å². The molecule has 0 saturated carbocycles. The van der Waals surface area contributed by atoms with Crippen LogP contribution < -0.4 is 5.32 Å². The smallest absolute Gasteiger partial charge is 0.259 e. The topological polar surface area (TPSA) is 65.5 Å². The average molecular weight is 391 g/mol. The number of pyridine rings is 1. The number of carbonyl (C=O) groups excluding carboxylic acids is 2. The largest absolute Gasteiger partial charge is 0.340 e. The summed E-state index contributed by atoms with van der Waals surface area (Å²) >= 11 is 5.72. The molecule has 0 aliphatic carbocycles. The normalized spacial score (nSPS) is 14.9. The molecule has 1 saturated heterocycles. The fourth-order valence-corrected chi connectivity index (χ4v) is 3.12. The molecule has 1 N–H and O–H groups in total. The van der Waals surface area contributed by atoms with E-state index >= 15 is 0 Å². The molecule has 1 aromatic heterocycles. The van der Waals surface area contributed by atoms with Crippen molar-refractivity contribution in [2.45, 2.75) is 13.5 Å². The van der Waals surface area contributed by atoms with Gasteiger partial charge in [-0.1, -0.05) is 23.7 Å². The molecule has 0 radical (unpaired) electrons. The Morgan fingerprint density at radius 2 is 1.85 bits per heavy atom. The van der Waals surface area contributed by atoms with Crippen LogP contribution in [-0.2, 0) is 11.3 Å². The molecule has 1 aromatic carbocycles. The number of anilines is 1. The fourth-order valence-electron chi connectivity index (χ4n) is 2.95. The molecule has 2 heterocycles. The van der Waals surface area contributed by atoms with Crippen LogP contribution in [0.15, 0.2) is 36.4 Å². The van der Waals surface area contributed by atoms with Crippen LogP contribution in [0.3, 0.4) is 0 Å². The van der Waals surface area contributed by atoms with Crippen molar-refractivity contribution in [1.29, 1.82) is 0 Å². The van der Waals surface area contributed by atoms with Gasteiger partial charge < -0.3 is 10.2 Å². The summed E-state index contributed by atoms with van der Waals surface area (Å²) in [5.74, 6) is -0.920. The molecule has 1 aliphatic rings. The third-order valence-electron chi connectivity index (χ3n) is 4.45. The Kier molecular flexibility index (Phi) is 6.03. The number of benzene rings is 1. The molecule has 1 aliphatic heterocycles. The second-order valence-corrected chi connectivity index (χ2v) is 6.76. The van der Waals surface area contributed by atoms with Crippen molar-refractivity contribution in [3.63, 3.8) is 0 Å². The summed E-state index contributed by atoms with van der Waals surface area (Å²) < 4.78 is 14.0. The first-order valence-electron chi connectivity index (χ1n) is 8.63. The molecule has 8 heteroatoms. The van der Waals surface area contributed by atoms with E-state index in [9.17, 15) is 14.0 Å². The van der Waals surface area contributed by atoms with Crippen LogP contribution in [0.25, 0.3) is 0 Å². The first-order valence-corrected chi connectivity index (χ1v) is 9.01. The van der Waals surface area contributed by atoms with E-state index in [1.165, 1.54) is 18.2 Å². The summed E-state index contributed by atoms with van der Waals surface area (Å²) in [6.45, 7) is 5.11. The highest BCUT2D eigenvalue weighted by molar-refractivity contribution is 6.31. The third-order valence-corrected chi connectivity index (χ3v) is 4.74. The minimum Gasteiger partial charge on any atom is -0.340 e. The second-order valence-electron chi connectivity index (χ2n) is 6.35. The van der Waals surface area contributed by atoms with Crippen molar-refractivity contribution >= 4 is 29.2 Å². The molecule has 2 aromatic rings. The summed E-state index contributed by atoms with van der Waals surface area (Å²) in [6, 6.07) is 9.58. The van der Waals surface area contributed by atoms with Crippen LogP contribution in [-0.4, -0.2) is 52.8 Å². The molecule has 0 atom stereocenters. The Balaban J connectivity index is 1.63. The van der Waals surface area contributed by atoms with Gasteiger partial charge in [0.15, 0.2) is 5.82 Å². The lowest BCUT2D eigenvalue weighted by Crippen LogP contribution is -2.47. The zero-order valence-corrected chi connectivity index (χ0v) is 15.7. The minimum atomic E-state index is -0.754. The molecule has 0 spiro atoms. The van der Waals surface area contributed by atoms with Gasteiger partial charge in [0, 0.05) is 39.6 Å². The van der Waals surface area contributed by atoms with Gasteiger partial charge in [0.25, 0.3) is 5.91 Å². The van der Waals surface area contributed by atoms with Crippen molar-refractivity contribution in [2.75, 3.05) is 31.5 Å². The predicted molar refractivity (Wildman–Crippen MR) is 101 cm³/mol. The highest BCUT2D eigenvalue weighted by Gasteiger charge is 2.19. The SMILES string of the molecule is CC(=O)N1CCN(Cc2cccc(NC(=O)c3cccc(Cl)c3F)n2)CC1. The molecule has 1 fully saturated rings. The maximum absolute atomic E-state index is 14.0. The molecular weight excluding hydrogens is 371 g/mol. The lowest BCUT2D eigenvalue weighted by molar-refractivity contribution is -0.130. The first-order chi connectivity index (χ1) is 12.9. The molecule has 0 bridgehead atoms. The first kappa shape index (κ1) is 19.3. The molecule has 3 rings (SSSR count). The highest BCUT2D eigenvalue weighted by atomic mass is 35.5. The maximum atomic E-state index is 14.0. The number of nitrogens with zero attached hydrogens (tertiary/aromatic N) is 3. The summed E-state index contributed by atoms with van der Waals surface area (Å²) in [4.78, 5) is 32.1. The molecule has 0 unspecified atom stereocenters. The number of carbonyl (C=O) groups is 2. The van der Waals surface area contributed by atoms with E-state index in [-0.39, 0.29) is 16.5 Å². The van der Waals surface area contributed by atoms with E-state index in [0.717, 1.165) is 18.8 Å². The number of hydrogen-bond donors (Lipinski definition) is 1. The van der Waals surface area contributed by atoms with E-state index in [1.54, 1.807) is 19.1 Å². The van der Waals surface area contributed by atoms with Crippen LogP contribution >= 0.6 is 11.6 Å². The summed E-state index contributed by atoms with van der Waals surface area (Å²) in [6.07, 6.45) is 0. The van der Waals surface area contributed by atoms with Gasteiger partial charge >= 0.3 is 0 Å². The van der Waals surface area contributed by atoms with Crippen LogP contribution in [0.2, 0.25) is 5.02 Å². The van der Waals surface area contributed by atoms with E-state index in [0.29, 0.717) is 25.5 Å². The second kappa shape index (κ2) is 8.45. The fraction of sp³-hybridized carbons (Fsp3) is 0.316. The number of aromatic nitrogens is 1. The average Bonchev–Trinajstić information content (AvgIpc) is 2.64. The van der Waals surface area contributed by atoms with Crippen molar-refractivity contribution in [3.8, 4) is 0 Å². The monoisotopic (exact) mass is 390 g/mol. The molecule has 2 amide bonds. The number of hydrogen-bond acceptors (Lipinski definition) is 4. The zero-order chi connectivity index (χ0) is 19.4. The van der Waals surface area contributed by atoms with Crippen molar-refractivity contribution in [3.05, 3.63) is 58.5 Å². The van der Waals surface area contributed by atoms with Crippen LogP contribution in [0.5, 0.6) is 0 Å². The zero-order valence-electron chi connectivity index (χ0n) is 14.9. The van der Waals surface area contributed by atoms with Gasteiger partial charge in [-0.25, -0.2) is 9.37 Å². The Morgan fingerprint density at radius 3 is 2.56 bits per heavy atom. The van der Waals surface area contributed by atoms with Crippen molar-refractivity contribution in [1.82, 2.24) is 14.8 Å². The Bertz CT molecular complexity index is 853. The van der Waals surface area contributed by atoms with E-state index in [4.69, 9.17) is 11.6 Å². The van der Waals surface area contributed by atoms with Crippen LogP contribution in [0, 0.1) is 5.82 Å². The predicted octanol–water partition coefficient (Wildman–Crippen LogP) is 2.79. The highest BCUT2D eigenvalue weighted by Crippen LogP contribution is 2.19. The van der Waals surface area contributed by atoms with Gasteiger partial charge in [-0.2, -0.15) is 0 Å². The quantitative estimate of drug-likeness (QED) is 0.871. The standard InChI is InChI=1S/C19H20ClFN4O2/c1-13(26)25-10-8-24(9-11-25)12-14-4-2-7-17(22-14)23-19(27)15-5-3-6-16(20)18(15)21/h2-7H,8-12H2,1H3,(H,22,23,27). The van der Waals surface area contributed by atoms with Gasteiger partial charge in [0.05, 0.1) is 16.3 Å². The van der Waals surface area contributed by atoms with Gasteiger partial charge in [0.2, 0.25) is 5.91 Å². The molecule has 6 nitrogen and oxygen atoms in total. The lowest BCUT2D eigenvalue weighted by Gasteiger charge is -2.33. The lowest BCUT2D eigenvalue weighted by atomic mass is 10.2. The third kappa shape index (κ3) is 4.81. The summed E-state index contributed by atoms with van der Waals surface area (Å²) in [5, 5.41) is 2.50. The number of piperazine rings is 1. The van der Waals surface area contributed by atoms with E-state index < -0.39 is 11.7 Å². The Labute approximate surface area is 161 Å². The number of rotatable bonds is 4. The molecule has 142 valence electrons. The Hall–Kier alpha value is -2.51. The van der Waals surface area contributed by atoms with Gasteiger partial charge in [0.1, 0.15) is 5.82 Å².